The van der Waals surface area contributed by atoms with Gasteiger partial charge in [0, 0.05) is 45.8 Å². The van der Waals surface area contributed by atoms with Crippen LogP contribution in [-0.4, -0.2) is 55.5 Å². The molecule has 4 aromatic rings. The second-order valence-corrected chi connectivity index (χ2v) is 13.7. The molecule has 10 heteroatoms. The van der Waals surface area contributed by atoms with E-state index >= 15 is 0 Å². The molecule has 0 heterocycles. The van der Waals surface area contributed by atoms with Gasteiger partial charge in [-0.3, -0.25) is 9.59 Å². The van der Waals surface area contributed by atoms with E-state index in [1.807, 2.05) is 0 Å². The lowest BCUT2D eigenvalue weighted by Crippen LogP contribution is -2.30. The predicted molar refractivity (Wildman–Crippen MR) is 184 cm³/mol. The van der Waals surface area contributed by atoms with Crippen LogP contribution in [0, 0.1) is 25.7 Å². The fourth-order valence-electron chi connectivity index (χ4n) is 7.78. The average Bonchev–Trinajstić information content (AvgIpc) is 3.07. The van der Waals surface area contributed by atoms with Crippen LogP contribution in [0.25, 0.3) is 32.7 Å². The quantitative estimate of drug-likeness (QED) is 0.0968. The molecule has 254 valence electrons. The van der Waals surface area contributed by atoms with Crippen molar-refractivity contribution >= 4 is 33.4 Å². The largest absolute Gasteiger partial charge is 0.507 e. The van der Waals surface area contributed by atoms with E-state index in [1.54, 1.807) is 26.0 Å². The highest BCUT2D eigenvalue weighted by molar-refractivity contribution is 6.16. The van der Waals surface area contributed by atoms with Crippen LogP contribution in [0.3, 0.4) is 0 Å². The average molecular weight is 657 g/mol. The molecule has 0 atom stereocenters. The van der Waals surface area contributed by atoms with Crippen molar-refractivity contribution in [1.82, 2.24) is 10.6 Å². The summed E-state index contributed by atoms with van der Waals surface area (Å²) >= 11 is 0. The molecule has 4 aromatic carbocycles. The van der Waals surface area contributed by atoms with E-state index < -0.39 is 34.8 Å². The number of nitrogens with one attached hydrogen (secondary N) is 2. The highest BCUT2D eigenvalue weighted by atomic mass is 16.3. The zero-order valence-corrected chi connectivity index (χ0v) is 27.4. The number of phenols is 6. The van der Waals surface area contributed by atoms with Gasteiger partial charge in [0.1, 0.15) is 11.5 Å². The van der Waals surface area contributed by atoms with E-state index in [0.717, 1.165) is 51.4 Å². The third-order valence-electron chi connectivity index (χ3n) is 10.4. The summed E-state index contributed by atoms with van der Waals surface area (Å²) in [5.41, 5.74) is 1.00. The topological polar surface area (TPSA) is 180 Å². The summed E-state index contributed by atoms with van der Waals surface area (Å²) in [7, 11) is 0. The third kappa shape index (κ3) is 6.00. The van der Waals surface area contributed by atoms with Crippen LogP contribution in [0.4, 0.5) is 0 Å². The zero-order valence-electron chi connectivity index (χ0n) is 27.4. The van der Waals surface area contributed by atoms with Gasteiger partial charge in [0.25, 0.3) is 11.8 Å². The van der Waals surface area contributed by atoms with Gasteiger partial charge in [-0.2, -0.15) is 0 Å². The van der Waals surface area contributed by atoms with E-state index in [9.17, 15) is 40.2 Å². The summed E-state index contributed by atoms with van der Waals surface area (Å²) in [6.45, 7) is 4.24. The molecular formula is C38H44N2O8. The standard InChI is InChI=1S/C38H44N2O8/c1-19-13-23-25(15-27(41)35(45)31(23)37(47)39-17-21-9-5-3-6-10-21)33(43)29(19)30-20(2)14-24-26(34(30)44)16-28(42)36(46)32(24)38(48)40-18-22-11-7-4-8-12-22/h13-16,21-22,41-46H,3-12,17-18H2,1-2H3,(H,39,47)(H,40,48). The summed E-state index contributed by atoms with van der Waals surface area (Å²) < 4.78 is 0. The molecule has 0 bridgehead atoms. The molecule has 0 radical (unpaired) electrons. The third-order valence-corrected chi connectivity index (χ3v) is 10.4. The van der Waals surface area contributed by atoms with Gasteiger partial charge >= 0.3 is 0 Å². The lowest BCUT2D eigenvalue weighted by Gasteiger charge is -2.23. The second-order valence-electron chi connectivity index (χ2n) is 13.7. The van der Waals surface area contributed by atoms with Crippen LogP contribution in [0.15, 0.2) is 24.3 Å². The lowest BCUT2D eigenvalue weighted by atomic mass is 9.87. The van der Waals surface area contributed by atoms with Crippen LogP contribution in [0.1, 0.15) is 96.1 Å². The molecular weight excluding hydrogens is 612 g/mol. The number of benzene rings is 4. The predicted octanol–water partition coefficient (Wildman–Crippen LogP) is 7.13. The summed E-state index contributed by atoms with van der Waals surface area (Å²) in [6.07, 6.45) is 10.8. The lowest BCUT2D eigenvalue weighted by molar-refractivity contribution is 0.0933. The van der Waals surface area contributed by atoms with Gasteiger partial charge in [-0.05, 0) is 86.8 Å². The molecule has 2 aliphatic rings. The van der Waals surface area contributed by atoms with Gasteiger partial charge in [0.15, 0.2) is 23.0 Å². The molecule has 2 aliphatic carbocycles. The number of phenolic OH excluding ortho intramolecular Hbond substituents is 6. The molecule has 6 rings (SSSR count). The highest BCUT2D eigenvalue weighted by Crippen LogP contribution is 2.51. The van der Waals surface area contributed by atoms with Crippen molar-refractivity contribution in [2.24, 2.45) is 11.8 Å². The Morgan fingerprint density at radius 1 is 0.542 bits per heavy atom. The Bertz CT molecular complexity index is 1780. The highest BCUT2D eigenvalue weighted by Gasteiger charge is 2.28. The molecule has 2 saturated carbocycles. The summed E-state index contributed by atoms with van der Waals surface area (Å²) in [5.74, 6) is -3.51. The minimum absolute atomic E-state index is 0.0870. The van der Waals surface area contributed by atoms with Gasteiger partial charge in [-0.1, -0.05) is 38.5 Å². The summed E-state index contributed by atoms with van der Waals surface area (Å²) in [6, 6.07) is 5.57. The van der Waals surface area contributed by atoms with Crippen molar-refractivity contribution in [2.45, 2.75) is 78.1 Å². The molecule has 0 spiro atoms. The molecule has 0 saturated heterocycles. The van der Waals surface area contributed by atoms with Crippen molar-refractivity contribution < 1.29 is 40.2 Å². The number of hydrogen-bond acceptors (Lipinski definition) is 8. The number of hydrogen-bond donors (Lipinski definition) is 8. The van der Waals surface area contributed by atoms with E-state index in [1.165, 1.54) is 25.0 Å². The summed E-state index contributed by atoms with van der Waals surface area (Å²) in [4.78, 5) is 26.8. The minimum atomic E-state index is -0.593. The summed E-state index contributed by atoms with van der Waals surface area (Å²) in [5, 5.41) is 72.7. The number of aryl methyl sites for hydroxylation is 2. The number of carbonyl (C=O) groups excluding carboxylic acids is 2. The van der Waals surface area contributed by atoms with Crippen molar-refractivity contribution in [3.63, 3.8) is 0 Å². The Kier molecular flexibility index (Phi) is 9.18. The number of amides is 2. The maximum Gasteiger partial charge on any atom is 0.255 e. The van der Waals surface area contributed by atoms with Crippen LogP contribution in [0.5, 0.6) is 34.5 Å². The van der Waals surface area contributed by atoms with Crippen molar-refractivity contribution in [3.8, 4) is 45.6 Å². The van der Waals surface area contributed by atoms with Crippen LogP contribution >= 0.6 is 0 Å². The Hall–Kier alpha value is -4.86. The fraction of sp³-hybridized carbons (Fsp3) is 0.421. The maximum atomic E-state index is 13.4. The van der Waals surface area contributed by atoms with Gasteiger partial charge < -0.3 is 41.3 Å². The fourth-order valence-corrected chi connectivity index (χ4v) is 7.78. The second kappa shape index (κ2) is 13.3. The van der Waals surface area contributed by atoms with Crippen molar-refractivity contribution in [1.29, 1.82) is 0 Å². The maximum absolute atomic E-state index is 13.4. The van der Waals surface area contributed by atoms with Crippen LogP contribution in [0.2, 0.25) is 0 Å². The van der Waals surface area contributed by atoms with Crippen molar-refractivity contribution in [2.75, 3.05) is 13.1 Å². The number of aromatic hydroxyl groups is 6. The molecule has 0 aliphatic heterocycles. The number of rotatable bonds is 7. The van der Waals surface area contributed by atoms with Crippen LogP contribution in [-0.2, 0) is 0 Å². The van der Waals surface area contributed by atoms with Gasteiger partial charge in [0.2, 0.25) is 0 Å². The van der Waals surface area contributed by atoms with Gasteiger partial charge in [0.05, 0.1) is 11.1 Å². The van der Waals surface area contributed by atoms with E-state index in [2.05, 4.69) is 10.6 Å². The van der Waals surface area contributed by atoms with E-state index in [0.29, 0.717) is 36.1 Å². The van der Waals surface area contributed by atoms with E-state index in [4.69, 9.17) is 0 Å². The molecule has 2 amide bonds. The molecule has 2 fully saturated rings. The first-order valence-corrected chi connectivity index (χ1v) is 17.0. The molecule has 0 aromatic heterocycles. The van der Waals surface area contributed by atoms with Crippen molar-refractivity contribution in [3.05, 3.63) is 46.5 Å². The Morgan fingerprint density at radius 3 is 1.25 bits per heavy atom. The first-order chi connectivity index (χ1) is 23.0. The van der Waals surface area contributed by atoms with Gasteiger partial charge in [-0.25, -0.2) is 0 Å². The molecule has 8 N–H and O–H groups in total. The Balaban J connectivity index is 1.43. The minimum Gasteiger partial charge on any atom is -0.507 e. The Morgan fingerprint density at radius 2 is 0.896 bits per heavy atom. The Labute approximate surface area is 279 Å². The van der Waals surface area contributed by atoms with Crippen LogP contribution < -0.4 is 10.6 Å². The van der Waals surface area contributed by atoms with E-state index in [-0.39, 0.29) is 55.3 Å². The zero-order chi connectivity index (χ0) is 34.3. The van der Waals surface area contributed by atoms with Gasteiger partial charge in [-0.15, -0.1) is 0 Å². The first kappa shape index (κ1) is 33.1. The smallest absolute Gasteiger partial charge is 0.255 e. The molecule has 0 unspecified atom stereocenters. The molecule has 10 nitrogen and oxygen atoms in total. The number of fused-ring (bicyclic) bond motifs is 2. The number of carbonyl (C=O) groups is 2. The molecule has 48 heavy (non-hydrogen) atoms. The SMILES string of the molecule is Cc1cc2c(C(=O)NCC3CCCCC3)c(O)c(O)cc2c(O)c1-c1c(C)cc2c(C(=O)NCC3CCCCC3)c(O)c(O)cc2c1O. The normalized spacial score (nSPS) is 16.0. The monoisotopic (exact) mass is 656 g/mol. The first-order valence-electron chi connectivity index (χ1n) is 17.0.